The Morgan fingerprint density at radius 1 is 1.27 bits per heavy atom. The Hall–Kier alpha value is 0.110. The number of hydrogen-bond acceptors (Lipinski definition) is 3. The summed E-state index contributed by atoms with van der Waals surface area (Å²) in [6.45, 7) is 0. The van der Waals surface area contributed by atoms with Gasteiger partial charge in [0.2, 0.25) is 0 Å². The van der Waals surface area contributed by atoms with Crippen LogP contribution in [0.15, 0.2) is 9.81 Å². The minimum atomic E-state index is 0.365. The molecule has 0 aromatic rings. The molecule has 0 spiro atoms. The normalized spacial score (nSPS) is 17.6. The zero-order chi connectivity index (χ0) is 8.27. The largest absolute Gasteiger partial charge is 0.294 e. The highest BCUT2D eigenvalue weighted by molar-refractivity contribution is 8.21. The second-order valence-corrected chi connectivity index (χ2v) is 4.34. The summed E-state index contributed by atoms with van der Waals surface area (Å²) in [5, 5.41) is 0. The van der Waals surface area contributed by atoms with Crippen LogP contribution in [0.3, 0.4) is 0 Å². The van der Waals surface area contributed by atoms with Crippen molar-refractivity contribution in [3.63, 3.8) is 0 Å². The Balaban J connectivity index is 2.82. The molecule has 3 heteroatoms. The first-order chi connectivity index (χ1) is 5.29. The van der Waals surface area contributed by atoms with Gasteiger partial charge in [-0.25, -0.2) is 0 Å². The van der Waals surface area contributed by atoms with Crippen molar-refractivity contribution in [3.05, 3.63) is 9.81 Å². The maximum atomic E-state index is 11.2. The van der Waals surface area contributed by atoms with E-state index in [1.54, 1.807) is 23.5 Å². The van der Waals surface area contributed by atoms with Crippen molar-refractivity contribution in [3.8, 4) is 0 Å². The Kier molecular flexibility index (Phi) is 3.52. The molecule has 0 atom stereocenters. The molecular weight excluding hydrogens is 176 g/mol. The Morgan fingerprint density at radius 2 is 1.91 bits per heavy atom. The molecule has 1 saturated carbocycles. The van der Waals surface area contributed by atoms with E-state index >= 15 is 0 Å². The highest BCUT2D eigenvalue weighted by Crippen LogP contribution is 2.34. The van der Waals surface area contributed by atoms with Gasteiger partial charge in [0, 0.05) is 16.2 Å². The smallest absolute Gasteiger partial charge is 0.160 e. The molecule has 0 aromatic carbocycles. The third-order valence-electron chi connectivity index (χ3n) is 1.78. The van der Waals surface area contributed by atoms with Gasteiger partial charge in [-0.05, 0) is 25.4 Å². The number of Topliss-reactive ketones (excluding diaryl/α,β-unsaturated/α-hetero) is 1. The fourth-order valence-electron chi connectivity index (χ4n) is 1.26. The fraction of sp³-hybridized carbons (Fsp3) is 0.625. The van der Waals surface area contributed by atoms with E-state index in [1.165, 1.54) is 4.24 Å². The number of hydrogen-bond donors (Lipinski definition) is 0. The van der Waals surface area contributed by atoms with Crippen molar-refractivity contribution < 1.29 is 4.79 Å². The SMILES string of the molecule is CSC(SC)=C1CCCC1=O. The van der Waals surface area contributed by atoms with E-state index in [1.807, 2.05) is 12.5 Å². The zero-order valence-corrected chi connectivity index (χ0v) is 8.48. The van der Waals surface area contributed by atoms with Crippen LogP contribution in [0.2, 0.25) is 0 Å². The number of carbonyl (C=O) groups excluding carboxylic acids is 1. The van der Waals surface area contributed by atoms with Crippen molar-refractivity contribution in [1.82, 2.24) is 0 Å². The molecule has 1 rings (SSSR count). The summed E-state index contributed by atoms with van der Waals surface area (Å²) in [7, 11) is 0. The van der Waals surface area contributed by atoms with Crippen LogP contribution in [0.25, 0.3) is 0 Å². The minimum absolute atomic E-state index is 0.365. The van der Waals surface area contributed by atoms with Crippen LogP contribution in [0.1, 0.15) is 19.3 Å². The molecule has 0 amide bonds. The highest BCUT2D eigenvalue weighted by atomic mass is 32.2. The first kappa shape index (κ1) is 9.20. The lowest BCUT2D eigenvalue weighted by Crippen LogP contribution is -1.93. The predicted molar refractivity (Wildman–Crippen MR) is 52.9 cm³/mol. The summed E-state index contributed by atoms with van der Waals surface area (Å²) in [4.78, 5) is 11.2. The van der Waals surface area contributed by atoms with Crippen molar-refractivity contribution in [2.45, 2.75) is 19.3 Å². The van der Waals surface area contributed by atoms with Crippen LogP contribution in [0.4, 0.5) is 0 Å². The lowest BCUT2D eigenvalue weighted by molar-refractivity contribution is -0.114. The monoisotopic (exact) mass is 188 g/mol. The average molecular weight is 188 g/mol. The van der Waals surface area contributed by atoms with Crippen LogP contribution < -0.4 is 0 Å². The van der Waals surface area contributed by atoms with Crippen LogP contribution in [-0.2, 0) is 4.79 Å². The summed E-state index contributed by atoms with van der Waals surface area (Å²) in [6, 6.07) is 0. The minimum Gasteiger partial charge on any atom is -0.294 e. The van der Waals surface area contributed by atoms with Crippen molar-refractivity contribution in [2.24, 2.45) is 0 Å². The summed E-state index contributed by atoms with van der Waals surface area (Å²) in [6.07, 6.45) is 6.88. The van der Waals surface area contributed by atoms with E-state index in [4.69, 9.17) is 0 Å². The van der Waals surface area contributed by atoms with Gasteiger partial charge in [-0.3, -0.25) is 4.79 Å². The van der Waals surface area contributed by atoms with E-state index in [0.717, 1.165) is 24.8 Å². The molecule has 1 aliphatic rings. The van der Waals surface area contributed by atoms with E-state index < -0.39 is 0 Å². The second kappa shape index (κ2) is 4.21. The molecule has 0 saturated heterocycles. The molecule has 1 aliphatic carbocycles. The maximum Gasteiger partial charge on any atom is 0.160 e. The van der Waals surface area contributed by atoms with E-state index in [-0.39, 0.29) is 0 Å². The lowest BCUT2D eigenvalue weighted by Gasteiger charge is -2.02. The van der Waals surface area contributed by atoms with Crippen molar-refractivity contribution in [2.75, 3.05) is 12.5 Å². The number of thioether (sulfide) groups is 2. The van der Waals surface area contributed by atoms with Gasteiger partial charge in [0.1, 0.15) is 0 Å². The molecule has 0 aromatic heterocycles. The number of rotatable bonds is 2. The van der Waals surface area contributed by atoms with Gasteiger partial charge in [0.25, 0.3) is 0 Å². The Labute approximate surface area is 76.0 Å². The molecule has 62 valence electrons. The van der Waals surface area contributed by atoms with Gasteiger partial charge in [0.05, 0.1) is 0 Å². The topological polar surface area (TPSA) is 17.1 Å². The summed E-state index contributed by atoms with van der Waals surface area (Å²) in [5.74, 6) is 0.365. The first-order valence-electron chi connectivity index (χ1n) is 3.64. The average Bonchev–Trinajstić information content (AvgIpc) is 2.40. The summed E-state index contributed by atoms with van der Waals surface area (Å²) < 4.78 is 1.22. The van der Waals surface area contributed by atoms with Gasteiger partial charge >= 0.3 is 0 Å². The summed E-state index contributed by atoms with van der Waals surface area (Å²) >= 11 is 3.39. The van der Waals surface area contributed by atoms with E-state index in [0.29, 0.717) is 5.78 Å². The van der Waals surface area contributed by atoms with Crippen LogP contribution in [0.5, 0.6) is 0 Å². The second-order valence-electron chi connectivity index (χ2n) is 2.45. The molecule has 0 radical (unpaired) electrons. The number of ketones is 1. The number of carbonyl (C=O) groups is 1. The standard InChI is InChI=1S/C8H12OS2/c1-10-8(11-2)6-4-3-5-7(6)9/h3-5H2,1-2H3. The predicted octanol–water partition coefficient (Wildman–Crippen LogP) is 2.68. The van der Waals surface area contributed by atoms with Gasteiger partial charge in [0.15, 0.2) is 5.78 Å². The van der Waals surface area contributed by atoms with E-state index in [2.05, 4.69) is 0 Å². The molecule has 0 bridgehead atoms. The van der Waals surface area contributed by atoms with Crippen LogP contribution in [-0.4, -0.2) is 18.3 Å². The van der Waals surface area contributed by atoms with Crippen molar-refractivity contribution >= 4 is 29.3 Å². The summed E-state index contributed by atoms with van der Waals surface area (Å²) in [5.41, 5.74) is 1.07. The van der Waals surface area contributed by atoms with Crippen LogP contribution in [0, 0.1) is 0 Å². The molecule has 1 fully saturated rings. The van der Waals surface area contributed by atoms with Gasteiger partial charge < -0.3 is 0 Å². The fourth-order valence-corrected chi connectivity index (χ4v) is 2.85. The molecule has 1 nitrogen and oxygen atoms in total. The molecule has 0 aliphatic heterocycles. The third kappa shape index (κ3) is 2.03. The zero-order valence-electron chi connectivity index (χ0n) is 6.85. The van der Waals surface area contributed by atoms with Gasteiger partial charge in [-0.2, -0.15) is 0 Å². The Bertz CT molecular complexity index is 190. The third-order valence-corrected chi connectivity index (χ3v) is 4.02. The van der Waals surface area contributed by atoms with Gasteiger partial charge in [-0.15, -0.1) is 23.5 Å². The first-order valence-corrected chi connectivity index (χ1v) is 6.09. The van der Waals surface area contributed by atoms with Crippen LogP contribution >= 0.6 is 23.5 Å². The maximum absolute atomic E-state index is 11.2. The lowest BCUT2D eigenvalue weighted by atomic mass is 10.2. The van der Waals surface area contributed by atoms with Gasteiger partial charge in [-0.1, -0.05) is 0 Å². The molecule has 0 unspecified atom stereocenters. The van der Waals surface area contributed by atoms with E-state index in [9.17, 15) is 4.79 Å². The molecule has 11 heavy (non-hydrogen) atoms. The molecular formula is C8H12OS2. The molecule has 0 heterocycles. The highest BCUT2D eigenvalue weighted by Gasteiger charge is 2.20. The number of allylic oxidation sites excluding steroid dienone is 1. The van der Waals surface area contributed by atoms with Crippen molar-refractivity contribution in [1.29, 1.82) is 0 Å². The molecule has 0 N–H and O–H groups in total. The quantitative estimate of drug-likeness (QED) is 0.620. The Morgan fingerprint density at radius 3 is 2.27 bits per heavy atom.